The number of halogens is 2. The molecule has 0 unspecified atom stereocenters. The number of nitrogens with two attached hydrogens (primary N) is 1. The van der Waals surface area contributed by atoms with E-state index >= 15 is 0 Å². The van der Waals surface area contributed by atoms with Crippen molar-refractivity contribution >= 4 is 16.6 Å². The fourth-order valence-corrected chi connectivity index (χ4v) is 2.09. The Kier molecular flexibility index (Phi) is 3.17. The third kappa shape index (κ3) is 2.50. The number of nitrogens with zero attached hydrogens (tertiary/aromatic N) is 1. The Bertz CT molecular complexity index is 811. The zero-order valence-corrected chi connectivity index (χ0v) is 11.2. The van der Waals surface area contributed by atoms with Crippen LogP contribution in [-0.4, -0.2) is 4.98 Å². The summed E-state index contributed by atoms with van der Waals surface area (Å²) >= 11 is 0. The summed E-state index contributed by atoms with van der Waals surface area (Å²) in [7, 11) is 0. The Morgan fingerprint density at radius 2 is 1.76 bits per heavy atom. The fourth-order valence-electron chi connectivity index (χ4n) is 2.09. The van der Waals surface area contributed by atoms with E-state index in [1.165, 1.54) is 0 Å². The summed E-state index contributed by atoms with van der Waals surface area (Å²) in [4.78, 5) is 4.35. The molecule has 106 valence electrons. The van der Waals surface area contributed by atoms with Crippen LogP contribution in [0.15, 0.2) is 42.5 Å². The maximum absolute atomic E-state index is 13.8. The second-order valence-electron chi connectivity index (χ2n) is 4.70. The van der Waals surface area contributed by atoms with E-state index in [9.17, 15) is 8.78 Å². The Morgan fingerprint density at radius 3 is 2.48 bits per heavy atom. The average molecular weight is 286 g/mol. The normalized spacial score (nSPS) is 10.8. The number of aromatic nitrogens is 1. The van der Waals surface area contributed by atoms with Gasteiger partial charge in [-0.25, -0.2) is 13.8 Å². The standard InChI is InChI=1S/C16H12F2N2O/c1-9-5-6-10-3-2-4-14(15(10)20-9)21-16-12(17)7-11(19)8-13(16)18/h2-8H,19H2,1H3. The first kappa shape index (κ1) is 13.3. The molecule has 0 spiro atoms. The van der Waals surface area contributed by atoms with Crippen LogP contribution in [0.2, 0.25) is 0 Å². The highest BCUT2D eigenvalue weighted by molar-refractivity contribution is 5.84. The number of fused-ring (bicyclic) bond motifs is 1. The SMILES string of the molecule is Cc1ccc2cccc(Oc3c(F)cc(N)cc3F)c2n1. The summed E-state index contributed by atoms with van der Waals surface area (Å²) in [5.74, 6) is -1.90. The van der Waals surface area contributed by atoms with Gasteiger partial charge in [-0.3, -0.25) is 0 Å². The van der Waals surface area contributed by atoms with Gasteiger partial charge in [-0.1, -0.05) is 18.2 Å². The van der Waals surface area contributed by atoms with Crippen LogP contribution >= 0.6 is 0 Å². The first-order valence-corrected chi connectivity index (χ1v) is 6.33. The molecule has 3 rings (SSSR count). The van der Waals surface area contributed by atoms with Gasteiger partial charge in [0.05, 0.1) is 0 Å². The number of benzene rings is 2. The minimum absolute atomic E-state index is 0.00393. The van der Waals surface area contributed by atoms with Crippen molar-refractivity contribution in [3.05, 3.63) is 59.8 Å². The van der Waals surface area contributed by atoms with Crippen molar-refractivity contribution in [2.75, 3.05) is 5.73 Å². The second kappa shape index (κ2) is 5.01. The molecule has 5 heteroatoms. The molecule has 0 atom stereocenters. The smallest absolute Gasteiger partial charge is 0.198 e. The zero-order valence-electron chi connectivity index (χ0n) is 11.2. The van der Waals surface area contributed by atoms with Crippen molar-refractivity contribution in [1.82, 2.24) is 4.98 Å². The van der Waals surface area contributed by atoms with Crippen molar-refractivity contribution in [2.24, 2.45) is 0 Å². The zero-order chi connectivity index (χ0) is 15.0. The molecule has 0 saturated heterocycles. The van der Waals surface area contributed by atoms with Crippen LogP contribution in [0.4, 0.5) is 14.5 Å². The second-order valence-corrected chi connectivity index (χ2v) is 4.70. The van der Waals surface area contributed by atoms with Crippen LogP contribution in [0.5, 0.6) is 11.5 Å². The van der Waals surface area contributed by atoms with E-state index in [4.69, 9.17) is 10.5 Å². The maximum Gasteiger partial charge on any atom is 0.198 e. The van der Waals surface area contributed by atoms with E-state index in [-0.39, 0.29) is 5.69 Å². The number of ether oxygens (including phenoxy) is 1. The summed E-state index contributed by atoms with van der Waals surface area (Å²) in [6, 6.07) is 11.0. The molecular weight excluding hydrogens is 274 g/mol. The van der Waals surface area contributed by atoms with E-state index in [0.717, 1.165) is 23.2 Å². The molecule has 1 heterocycles. The molecule has 3 nitrogen and oxygen atoms in total. The lowest BCUT2D eigenvalue weighted by molar-refractivity contribution is 0.410. The third-order valence-corrected chi connectivity index (χ3v) is 3.06. The molecule has 21 heavy (non-hydrogen) atoms. The number of hydrogen-bond donors (Lipinski definition) is 1. The number of rotatable bonds is 2. The average Bonchev–Trinajstić information content (AvgIpc) is 2.43. The number of nitrogen functional groups attached to an aromatic ring is 1. The molecule has 1 aromatic heterocycles. The molecule has 0 aliphatic rings. The Balaban J connectivity index is 2.12. The Hall–Kier alpha value is -2.69. The Morgan fingerprint density at radius 1 is 1.05 bits per heavy atom. The third-order valence-electron chi connectivity index (χ3n) is 3.06. The van der Waals surface area contributed by atoms with Crippen LogP contribution in [-0.2, 0) is 0 Å². The molecule has 0 fully saturated rings. The van der Waals surface area contributed by atoms with Crippen molar-refractivity contribution < 1.29 is 13.5 Å². The van der Waals surface area contributed by atoms with Crippen molar-refractivity contribution in [3.8, 4) is 11.5 Å². The number of pyridine rings is 1. The minimum atomic E-state index is -0.850. The lowest BCUT2D eigenvalue weighted by Crippen LogP contribution is -1.97. The first-order valence-electron chi connectivity index (χ1n) is 6.33. The number of para-hydroxylation sites is 1. The van der Waals surface area contributed by atoms with E-state index < -0.39 is 17.4 Å². The molecule has 0 aliphatic heterocycles. The van der Waals surface area contributed by atoms with Gasteiger partial charge in [0.15, 0.2) is 23.1 Å². The topological polar surface area (TPSA) is 48.1 Å². The number of anilines is 1. The summed E-state index contributed by atoms with van der Waals surface area (Å²) in [6.45, 7) is 1.83. The summed E-state index contributed by atoms with van der Waals surface area (Å²) in [5.41, 5.74) is 6.73. The van der Waals surface area contributed by atoms with Crippen LogP contribution < -0.4 is 10.5 Å². The van der Waals surface area contributed by atoms with Crippen LogP contribution in [0.25, 0.3) is 10.9 Å². The van der Waals surface area contributed by atoms with E-state index in [1.54, 1.807) is 12.1 Å². The molecule has 0 saturated carbocycles. The summed E-state index contributed by atoms with van der Waals surface area (Å²) in [6.07, 6.45) is 0. The van der Waals surface area contributed by atoms with E-state index in [1.807, 2.05) is 25.1 Å². The van der Waals surface area contributed by atoms with E-state index in [0.29, 0.717) is 11.3 Å². The van der Waals surface area contributed by atoms with Crippen LogP contribution in [0.3, 0.4) is 0 Å². The quantitative estimate of drug-likeness (QED) is 0.718. The van der Waals surface area contributed by atoms with Crippen molar-refractivity contribution in [2.45, 2.75) is 6.92 Å². The van der Waals surface area contributed by atoms with Gasteiger partial charge in [0.25, 0.3) is 0 Å². The fraction of sp³-hybridized carbons (Fsp3) is 0.0625. The summed E-state index contributed by atoms with van der Waals surface area (Å²) in [5, 5.41) is 0.828. The molecule has 2 N–H and O–H groups in total. The highest BCUT2D eigenvalue weighted by Gasteiger charge is 2.14. The van der Waals surface area contributed by atoms with Gasteiger partial charge in [-0.15, -0.1) is 0 Å². The largest absolute Gasteiger partial charge is 0.449 e. The van der Waals surface area contributed by atoms with Gasteiger partial charge in [0.1, 0.15) is 5.52 Å². The highest BCUT2D eigenvalue weighted by Crippen LogP contribution is 2.33. The lowest BCUT2D eigenvalue weighted by Gasteiger charge is -2.11. The van der Waals surface area contributed by atoms with Gasteiger partial charge in [-0.2, -0.15) is 0 Å². The van der Waals surface area contributed by atoms with E-state index in [2.05, 4.69) is 4.98 Å². The summed E-state index contributed by atoms with van der Waals surface area (Å²) < 4.78 is 33.0. The highest BCUT2D eigenvalue weighted by atomic mass is 19.1. The van der Waals surface area contributed by atoms with Gasteiger partial charge >= 0.3 is 0 Å². The van der Waals surface area contributed by atoms with Gasteiger partial charge in [-0.05, 0) is 19.1 Å². The number of aryl methyl sites for hydroxylation is 1. The number of hydrogen-bond acceptors (Lipinski definition) is 3. The van der Waals surface area contributed by atoms with Crippen molar-refractivity contribution in [1.29, 1.82) is 0 Å². The predicted molar refractivity (Wildman–Crippen MR) is 77.3 cm³/mol. The lowest BCUT2D eigenvalue weighted by atomic mass is 10.2. The molecule has 0 aliphatic carbocycles. The molecule has 0 radical (unpaired) electrons. The molecule has 0 amide bonds. The molecule has 2 aromatic carbocycles. The molecule has 3 aromatic rings. The minimum Gasteiger partial charge on any atom is -0.449 e. The van der Waals surface area contributed by atoms with Gasteiger partial charge in [0.2, 0.25) is 0 Å². The predicted octanol–water partition coefficient (Wildman–Crippen LogP) is 4.20. The molecular formula is C16H12F2N2O. The van der Waals surface area contributed by atoms with Crippen molar-refractivity contribution in [3.63, 3.8) is 0 Å². The van der Waals surface area contributed by atoms with Crippen LogP contribution in [0.1, 0.15) is 5.69 Å². The maximum atomic E-state index is 13.8. The first-order chi connectivity index (χ1) is 10.0. The van der Waals surface area contributed by atoms with Gasteiger partial charge in [0, 0.05) is 28.9 Å². The Labute approximate surface area is 120 Å². The molecule has 0 bridgehead atoms. The van der Waals surface area contributed by atoms with Gasteiger partial charge < -0.3 is 10.5 Å². The van der Waals surface area contributed by atoms with Crippen LogP contribution in [0, 0.1) is 18.6 Å². The monoisotopic (exact) mass is 286 g/mol.